The quantitative estimate of drug-likeness (QED) is 0.827. The summed E-state index contributed by atoms with van der Waals surface area (Å²) in [5.74, 6) is 0.506. The molecule has 3 aliphatic rings. The van der Waals surface area contributed by atoms with Crippen LogP contribution in [-0.4, -0.2) is 18.0 Å². The normalized spacial score (nSPS) is 30.2. The number of amides is 1. The predicted molar refractivity (Wildman–Crippen MR) is 98.9 cm³/mol. The molecule has 5 nitrogen and oxygen atoms in total. The SMILES string of the molecule is O=C1O[C@H]2C[C@H]3C[C@H]2[C@@H]1[C@H]3C(=O)Nc1ccc(OCc2ccccc2)cc1. The van der Waals surface area contributed by atoms with Gasteiger partial charge in [0.1, 0.15) is 18.5 Å². The predicted octanol–water partition coefficient (Wildman–Crippen LogP) is 3.40. The molecule has 1 heterocycles. The van der Waals surface area contributed by atoms with Gasteiger partial charge >= 0.3 is 5.97 Å². The number of hydrogen-bond donors (Lipinski definition) is 1. The van der Waals surface area contributed by atoms with Crippen LogP contribution in [0.15, 0.2) is 54.6 Å². The number of nitrogens with one attached hydrogen (secondary N) is 1. The summed E-state index contributed by atoms with van der Waals surface area (Å²) in [7, 11) is 0. The summed E-state index contributed by atoms with van der Waals surface area (Å²) in [6, 6.07) is 17.3. The minimum absolute atomic E-state index is 0.0533. The third kappa shape index (κ3) is 2.87. The lowest BCUT2D eigenvalue weighted by Crippen LogP contribution is -2.35. The van der Waals surface area contributed by atoms with Gasteiger partial charge in [-0.1, -0.05) is 30.3 Å². The van der Waals surface area contributed by atoms with E-state index in [1.165, 1.54) is 0 Å². The maximum absolute atomic E-state index is 12.8. The molecule has 0 radical (unpaired) electrons. The zero-order chi connectivity index (χ0) is 18.4. The van der Waals surface area contributed by atoms with E-state index in [1.54, 1.807) is 0 Å². The first kappa shape index (κ1) is 16.4. The molecule has 2 aromatic rings. The number of fused-ring (bicyclic) bond motifs is 1. The Labute approximate surface area is 157 Å². The number of carbonyl (C=O) groups excluding carboxylic acids is 2. The topological polar surface area (TPSA) is 64.6 Å². The van der Waals surface area contributed by atoms with E-state index >= 15 is 0 Å². The van der Waals surface area contributed by atoms with E-state index in [1.807, 2.05) is 54.6 Å². The number of anilines is 1. The molecule has 0 aromatic heterocycles. The van der Waals surface area contributed by atoms with Crippen molar-refractivity contribution in [2.45, 2.75) is 25.6 Å². The number of rotatable bonds is 5. The van der Waals surface area contributed by atoms with E-state index < -0.39 is 0 Å². The summed E-state index contributed by atoms with van der Waals surface area (Å²) in [6.45, 7) is 0.503. The molecule has 3 fully saturated rings. The van der Waals surface area contributed by atoms with Gasteiger partial charge in [-0.15, -0.1) is 0 Å². The molecule has 2 bridgehead atoms. The van der Waals surface area contributed by atoms with Gasteiger partial charge in [-0.05, 0) is 48.6 Å². The Morgan fingerprint density at radius 2 is 1.85 bits per heavy atom. The fourth-order valence-corrected chi connectivity index (χ4v) is 4.96. The molecule has 5 heteroatoms. The molecular formula is C22H21NO4. The third-order valence-corrected chi connectivity index (χ3v) is 6.16. The van der Waals surface area contributed by atoms with Gasteiger partial charge in [-0.25, -0.2) is 0 Å². The summed E-state index contributed by atoms with van der Waals surface area (Å²) < 4.78 is 11.2. The molecule has 2 aromatic carbocycles. The average molecular weight is 363 g/mol. The maximum atomic E-state index is 12.8. The Morgan fingerprint density at radius 1 is 1.07 bits per heavy atom. The summed E-state index contributed by atoms with van der Waals surface area (Å²) in [5.41, 5.74) is 1.82. The fraction of sp³-hybridized carbons (Fsp3) is 0.364. The van der Waals surface area contributed by atoms with Gasteiger partial charge in [-0.2, -0.15) is 0 Å². The van der Waals surface area contributed by atoms with Crippen LogP contribution in [0.25, 0.3) is 0 Å². The Hall–Kier alpha value is -2.82. The number of carbonyl (C=O) groups is 2. The van der Waals surface area contributed by atoms with Crippen LogP contribution in [-0.2, 0) is 20.9 Å². The van der Waals surface area contributed by atoms with Gasteiger partial charge < -0.3 is 14.8 Å². The first-order valence-electron chi connectivity index (χ1n) is 9.47. The lowest BCUT2D eigenvalue weighted by molar-refractivity contribution is -0.145. The highest BCUT2D eigenvalue weighted by atomic mass is 16.6. The Bertz CT molecular complexity index is 862. The van der Waals surface area contributed by atoms with Gasteiger partial charge in [0.2, 0.25) is 5.91 Å². The summed E-state index contributed by atoms with van der Waals surface area (Å²) >= 11 is 0. The second-order valence-electron chi connectivity index (χ2n) is 7.71. The van der Waals surface area contributed by atoms with E-state index in [4.69, 9.17) is 9.47 Å². The van der Waals surface area contributed by atoms with E-state index in [0.717, 1.165) is 29.8 Å². The summed E-state index contributed by atoms with van der Waals surface area (Å²) in [6.07, 6.45) is 1.82. The van der Waals surface area contributed by atoms with E-state index in [0.29, 0.717) is 6.61 Å². The minimum atomic E-state index is -0.254. The molecule has 1 amide bonds. The number of esters is 1. The van der Waals surface area contributed by atoms with Gasteiger partial charge in [-0.3, -0.25) is 9.59 Å². The summed E-state index contributed by atoms with van der Waals surface area (Å²) in [4.78, 5) is 24.9. The largest absolute Gasteiger partial charge is 0.489 e. The van der Waals surface area contributed by atoms with Crippen molar-refractivity contribution >= 4 is 17.6 Å². The van der Waals surface area contributed by atoms with Gasteiger partial charge in [0, 0.05) is 11.6 Å². The second-order valence-corrected chi connectivity index (χ2v) is 7.71. The highest BCUT2D eigenvalue weighted by Gasteiger charge is 2.63. The van der Waals surface area contributed by atoms with Crippen LogP contribution < -0.4 is 10.1 Å². The zero-order valence-electron chi connectivity index (χ0n) is 14.8. The van der Waals surface area contributed by atoms with E-state index in [-0.39, 0.29) is 41.7 Å². The van der Waals surface area contributed by atoms with Crippen molar-refractivity contribution in [3.63, 3.8) is 0 Å². The van der Waals surface area contributed by atoms with Crippen LogP contribution in [0.2, 0.25) is 0 Å². The first-order chi connectivity index (χ1) is 13.2. The van der Waals surface area contributed by atoms with Crippen molar-refractivity contribution in [2.24, 2.45) is 23.7 Å². The van der Waals surface area contributed by atoms with Gasteiger partial charge in [0.15, 0.2) is 0 Å². The molecule has 0 unspecified atom stereocenters. The summed E-state index contributed by atoms with van der Waals surface area (Å²) in [5, 5.41) is 2.97. The number of ether oxygens (including phenoxy) is 2. The molecule has 27 heavy (non-hydrogen) atoms. The van der Waals surface area contributed by atoms with Crippen molar-refractivity contribution in [1.29, 1.82) is 0 Å². The molecular weight excluding hydrogens is 342 g/mol. The number of benzene rings is 2. The lowest BCUT2D eigenvalue weighted by atomic mass is 9.79. The first-order valence-corrected chi connectivity index (χ1v) is 9.47. The molecule has 5 atom stereocenters. The highest BCUT2D eigenvalue weighted by molar-refractivity contribution is 5.97. The molecule has 1 N–H and O–H groups in total. The molecule has 2 saturated carbocycles. The van der Waals surface area contributed by atoms with Crippen molar-refractivity contribution in [1.82, 2.24) is 0 Å². The van der Waals surface area contributed by atoms with E-state index in [9.17, 15) is 9.59 Å². The zero-order valence-corrected chi connectivity index (χ0v) is 14.8. The Balaban J connectivity index is 1.21. The molecule has 5 rings (SSSR count). The number of hydrogen-bond acceptors (Lipinski definition) is 4. The van der Waals surface area contributed by atoms with Crippen molar-refractivity contribution in [3.05, 3.63) is 60.2 Å². The Kier molecular flexibility index (Phi) is 3.88. The second kappa shape index (κ2) is 6.41. The van der Waals surface area contributed by atoms with Crippen LogP contribution >= 0.6 is 0 Å². The van der Waals surface area contributed by atoms with Crippen molar-refractivity contribution in [2.75, 3.05) is 5.32 Å². The van der Waals surface area contributed by atoms with Crippen LogP contribution in [0, 0.1) is 23.7 Å². The van der Waals surface area contributed by atoms with Gasteiger partial charge in [0.05, 0.1) is 11.8 Å². The smallest absolute Gasteiger partial charge is 0.310 e. The van der Waals surface area contributed by atoms with Crippen LogP contribution in [0.4, 0.5) is 5.69 Å². The highest BCUT2D eigenvalue weighted by Crippen LogP contribution is 2.57. The molecule has 1 aliphatic heterocycles. The average Bonchev–Trinajstić information content (AvgIpc) is 3.31. The van der Waals surface area contributed by atoms with E-state index in [2.05, 4.69) is 5.32 Å². The standard InChI is InChI=1S/C22H21NO4/c24-21(19-14-10-17-18(11-14)27-22(25)20(17)19)23-15-6-8-16(9-7-15)26-12-13-4-2-1-3-5-13/h1-9,14,17-20H,10-12H2,(H,23,24)/t14-,17-,18+,19+,20-/m1/s1. The minimum Gasteiger partial charge on any atom is -0.489 e. The van der Waals surface area contributed by atoms with Gasteiger partial charge in [0.25, 0.3) is 0 Å². The molecule has 138 valence electrons. The van der Waals surface area contributed by atoms with Crippen LogP contribution in [0.1, 0.15) is 18.4 Å². The third-order valence-electron chi connectivity index (χ3n) is 6.16. The van der Waals surface area contributed by atoms with Crippen molar-refractivity contribution < 1.29 is 19.1 Å². The molecule has 1 saturated heterocycles. The Morgan fingerprint density at radius 3 is 2.63 bits per heavy atom. The molecule has 0 spiro atoms. The van der Waals surface area contributed by atoms with Crippen LogP contribution in [0.3, 0.4) is 0 Å². The lowest BCUT2D eigenvalue weighted by Gasteiger charge is -2.23. The molecule has 2 aliphatic carbocycles. The fourth-order valence-electron chi connectivity index (χ4n) is 4.96. The van der Waals surface area contributed by atoms with Crippen molar-refractivity contribution in [3.8, 4) is 5.75 Å². The van der Waals surface area contributed by atoms with Crippen LogP contribution in [0.5, 0.6) is 5.75 Å². The monoisotopic (exact) mass is 363 g/mol. The maximum Gasteiger partial charge on any atom is 0.310 e.